The minimum atomic E-state index is 0.602. The SMILES string of the molecule is C(=Cc1[nH]c2ccccc2c1Sc1ccccc1)c1nc2ccccc2o1. The Kier molecular flexibility index (Phi) is 4.03. The highest BCUT2D eigenvalue weighted by molar-refractivity contribution is 7.99. The minimum absolute atomic E-state index is 0.602. The van der Waals surface area contributed by atoms with E-state index in [1.165, 1.54) is 15.2 Å². The van der Waals surface area contributed by atoms with Gasteiger partial charge in [0.2, 0.25) is 5.89 Å². The molecule has 3 nitrogen and oxygen atoms in total. The highest BCUT2D eigenvalue weighted by Gasteiger charge is 2.11. The molecule has 4 heteroatoms. The van der Waals surface area contributed by atoms with Crippen LogP contribution in [0.15, 0.2) is 93.1 Å². The van der Waals surface area contributed by atoms with Gasteiger partial charge in [0.15, 0.2) is 5.58 Å². The molecule has 0 fully saturated rings. The maximum atomic E-state index is 5.80. The number of oxazole rings is 1. The van der Waals surface area contributed by atoms with E-state index in [4.69, 9.17) is 4.42 Å². The molecule has 0 aliphatic rings. The fourth-order valence-corrected chi connectivity index (χ4v) is 4.13. The van der Waals surface area contributed by atoms with Crippen molar-refractivity contribution in [3.63, 3.8) is 0 Å². The minimum Gasteiger partial charge on any atom is -0.437 e. The molecule has 2 heterocycles. The van der Waals surface area contributed by atoms with Crippen LogP contribution in [0.4, 0.5) is 0 Å². The average Bonchev–Trinajstić information content (AvgIpc) is 3.28. The zero-order chi connectivity index (χ0) is 18.1. The van der Waals surface area contributed by atoms with E-state index >= 15 is 0 Å². The molecule has 3 aromatic carbocycles. The molecular weight excluding hydrogens is 352 g/mol. The van der Waals surface area contributed by atoms with Crippen molar-refractivity contribution in [1.29, 1.82) is 0 Å². The molecule has 0 saturated carbocycles. The predicted molar refractivity (Wildman–Crippen MR) is 112 cm³/mol. The third-order valence-corrected chi connectivity index (χ3v) is 5.50. The van der Waals surface area contributed by atoms with Gasteiger partial charge in [-0.15, -0.1) is 0 Å². The normalized spacial score (nSPS) is 11.7. The summed E-state index contributed by atoms with van der Waals surface area (Å²) >= 11 is 1.76. The molecule has 0 radical (unpaired) electrons. The molecule has 0 saturated heterocycles. The number of nitrogens with one attached hydrogen (secondary N) is 1. The smallest absolute Gasteiger partial charge is 0.220 e. The molecule has 0 bridgehead atoms. The van der Waals surface area contributed by atoms with Crippen LogP contribution in [0.1, 0.15) is 11.6 Å². The summed E-state index contributed by atoms with van der Waals surface area (Å²) in [5.74, 6) is 0.602. The molecule has 0 amide bonds. The van der Waals surface area contributed by atoms with Crippen molar-refractivity contribution in [2.45, 2.75) is 9.79 Å². The zero-order valence-corrected chi connectivity index (χ0v) is 15.2. The molecule has 0 atom stereocenters. The van der Waals surface area contributed by atoms with Crippen LogP contribution in [0.3, 0.4) is 0 Å². The molecule has 1 N–H and O–H groups in total. The summed E-state index contributed by atoms with van der Waals surface area (Å²) in [7, 11) is 0. The fourth-order valence-electron chi connectivity index (χ4n) is 3.09. The monoisotopic (exact) mass is 368 g/mol. The van der Waals surface area contributed by atoms with Gasteiger partial charge in [-0.25, -0.2) is 4.98 Å². The van der Waals surface area contributed by atoms with Crippen LogP contribution in [0.2, 0.25) is 0 Å². The fraction of sp³-hybridized carbons (Fsp3) is 0. The molecule has 0 aliphatic carbocycles. The van der Waals surface area contributed by atoms with E-state index in [-0.39, 0.29) is 0 Å². The van der Waals surface area contributed by atoms with Crippen LogP contribution < -0.4 is 0 Å². The average molecular weight is 368 g/mol. The molecule has 0 spiro atoms. The van der Waals surface area contributed by atoms with Gasteiger partial charge < -0.3 is 9.40 Å². The van der Waals surface area contributed by atoms with Crippen LogP contribution in [-0.2, 0) is 0 Å². The number of hydrogen-bond donors (Lipinski definition) is 1. The van der Waals surface area contributed by atoms with Crippen molar-refractivity contribution in [2.75, 3.05) is 0 Å². The number of nitrogens with zero attached hydrogens (tertiary/aromatic N) is 1. The number of fused-ring (bicyclic) bond motifs is 2. The van der Waals surface area contributed by atoms with E-state index in [0.717, 1.165) is 22.3 Å². The zero-order valence-electron chi connectivity index (χ0n) is 14.4. The standard InChI is InChI=1S/C23H16N2OS/c1-2-8-16(9-3-1)27-23-17-10-4-5-11-18(17)24-20(23)14-15-22-25-19-12-6-7-13-21(19)26-22/h1-15,24H. The predicted octanol–water partition coefficient (Wildman–Crippen LogP) is 6.63. The number of para-hydroxylation sites is 3. The van der Waals surface area contributed by atoms with Crippen LogP contribution in [0.25, 0.3) is 34.2 Å². The van der Waals surface area contributed by atoms with Gasteiger partial charge in [-0.05, 0) is 36.4 Å². The number of benzene rings is 3. The van der Waals surface area contributed by atoms with E-state index in [1.807, 2.05) is 48.6 Å². The summed E-state index contributed by atoms with van der Waals surface area (Å²) in [6.45, 7) is 0. The number of H-pyrrole nitrogens is 1. The number of aromatic nitrogens is 2. The Balaban J connectivity index is 1.56. The Morgan fingerprint density at radius 2 is 1.59 bits per heavy atom. The maximum absolute atomic E-state index is 5.80. The second-order valence-electron chi connectivity index (χ2n) is 6.18. The van der Waals surface area contributed by atoms with Crippen molar-refractivity contribution >= 4 is 45.9 Å². The lowest BCUT2D eigenvalue weighted by Crippen LogP contribution is -1.77. The summed E-state index contributed by atoms with van der Waals surface area (Å²) in [6.07, 6.45) is 3.95. The first-order chi connectivity index (χ1) is 13.4. The molecule has 2 aromatic heterocycles. The van der Waals surface area contributed by atoms with Crippen molar-refractivity contribution in [2.24, 2.45) is 0 Å². The van der Waals surface area contributed by atoms with E-state index in [0.29, 0.717) is 5.89 Å². The Labute approximate surface area is 160 Å². The summed E-state index contributed by atoms with van der Waals surface area (Å²) in [5, 5.41) is 1.21. The van der Waals surface area contributed by atoms with Crippen LogP contribution in [-0.4, -0.2) is 9.97 Å². The largest absolute Gasteiger partial charge is 0.437 e. The topological polar surface area (TPSA) is 41.8 Å². The second kappa shape index (κ2) is 6.82. The number of hydrogen-bond acceptors (Lipinski definition) is 3. The third kappa shape index (κ3) is 3.15. The van der Waals surface area contributed by atoms with Gasteiger partial charge in [-0.1, -0.05) is 60.3 Å². The quantitative estimate of drug-likeness (QED) is 0.387. The Hall–Kier alpha value is -3.24. The first-order valence-electron chi connectivity index (χ1n) is 8.74. The van der Waals surface area contributed by atoms with Crippen molar-refractivity contribution in [3.8, 4) is 0 Å². The van der Waals surface area contributed by atoms with Gasteiger partial charge in [0.1, 0.15) is 5.52 Å². The molecule has 130 valence electrons. The highest BCUT2D eigenvalue weighted by Crippen LogP contribution is 2.37. The summed E-state index contributed by atoms with van der Waals surface area (Å²) in [6, 6.07) is 26.6. The third-order valence-electron chi connectivity index (χ3n) is 4.35. The second-order valence-corrected chi connectivity index (χ2v) is 7.27. The lowest BCUT2D eigenvalue weighted by atomic mass is 10.2. The van der Waals surface area contributed by atoms with Crippen molar-refractivity contribution in [3.05, 3.63) is 90.4 Å². The lowest BCUT2D eigenvalue weighted by Gasteiger charge is -2.02. The van der Waals surface area contributed by atoms with Crippen molar-refractivity contribution in [1.82, 2.24) is 9.97 Å². The molecule has 5 rings (SSSR count). The summed E-state index contributed by atoms with van der Waals surface area (Å²) < 4.78 is 5.80. The summed E-state index contributed by atoms with van der Waals surface area (Å²) in [5.41, 5.74) is 3.83. The Bertz CT molecular complexity index is 1220. The Morgan fingerprint density at radius 3 is 2.48 bits per heavy atom. The van der Waals surface area contributed by atoms with Crippen LogP contribution >= 0.6 is 11.8 Å². The Morgan fingerprint density at radius 1 is 0.815 bits per heavy atom. The van der Waals surface area contributed by atoms with E-state index in [9.17, 15) is 0 Å². The van der Waals surface area contributed by atoms with Crippen LogP contribution in [0.5, 0.6) is 0 Å². The van der Waals surface area contributed by atoms with Gasteiger partial charge in [0, 0.05) is 26.8 Å². The molecule has 5 aromatic rings. The summed E-state index contributed by atoms with van der Waals surface area (Å²) in [4.78, 5) is 10.4. The van der Waals surface area contributed by atoms with Gasteiger partial charge in [0.05, 0.1) is 5.69 Å². The first kappa shape index (κ1) is 16.0. The van der Waals surface area contributed by atoms with Gasteiger partial charge in [-0.3, -0.25) is 0 Å². The van der Waals surface area contributed by atoms with Crippen molar-refractivity contribution < 1.29 is 4.42 Å². The van der Waals surface area contributed by atoms with Gasteiger partial charge in [-0.2, -0.15) is 0 Å². The number of rotatable bonds is 4. The van der Waals surface area contributed by atoms with E-state index < -0.39 is 0 Å². The van der Waals surface area contributed by atoms with Gasteiger partial charge in [0.25, 0.3) is 0 Å². The highest BCUT2D eigenvalue weighted by atomic mass is 32.2. The van der Waals surface area contributed by atoms with E-state index in [2.05, 4.69) is 52.4 Å². The number of aromatic amines is 1. The van der Waals surface area contributed by atoms with E-state index in [1.54, 1.807) is 11.8 Å². The van der Waals surface area contributed by atoms with Crippen LogP contribution in [0, 0.1) is 0 Å². The molecule has 0 unspecified atom stereocenters. The molecular formula is C23H16N2OS. The maximum Gasteiger partial charge on any atom is 0.220 e. The first-order valence-corrected chi connectivity index (χ1v) is 9.56. The molecule has 0 aliphatic heterocycles. The van der Waals surface area contributed by atoms with Gasteiger partial charge >= 0.3 is 0 Å². The lowest BCUT2D eigenvalue weighted by molar-refractivity contribution is 0.589. The molecule has 27 heavy (non-hydrogen) atoms.